The third kappa shape index (κ3) is 3.42. The summed E-state index contributed by atoms with van der Waals surface area (Å²) in [7, 11) is 0. The Hall–Kier alpha value is -3.65. The lowest BCUT2D eigenvalue weighted by molar-refractivity contribution is -0.116. The summed E-state index contributed by atoms with van der Waals surface area (Å²) in [5.41, 5.74) is 2.64. The average Bonchev–Trinajstić information content (AvgIpc) is 3.16. The van der Waals surface area contributed by atoms with Gasteiger partial charge in [-0.15, -0.1) is 0 Å². The van der Waals surface area contributed by atoms with E-state index < -0.39 is 0 Å². The van der Waals surface area contributed by atoms with Crippen LogP contribution in [0.25, 0.3) is 22.1 Å². The topological polar surface area (TPSA) is 89.6 Å². The molecule has 5 rings (SSSR count). The van der Waals surface area contributed by atoms with Gasteiger partial charge in [0.1, 0.15) is 17.6 Å². The van der Waals surface area contributed by atoms with Gasteiger partial charge < -0.3 is 19.4 Å². The smallest absolute Gasteiger partial charge is 0.297 e. The number of hydrogen-bond acceptors (Lipinski definition) is 6. The van der Waals surface area contributed by atoms with Crippen molar-refractivity contribution in [2.45, 2.75) is 6.54 Å². The molecular weight excluding hydrogens is 384 g/mol. The number of amides is 1. The first-order valence-electron chi connectivity index (χ1n) is 9.78. The molecule has 1 saturated heterocycles. The minimum Gasteiger partial charge on any atom is -0.448 e. The van der Waals surface area contributed by atoms with Gasteiger partial charge in [0.15, 0.2) is 0 Å². The summed E-state index contributed by atoms with van der Waals surface area (Å²) in [4.78, 5) is 31.8. The third-order valence-electron chi connectivity index (χ3n) is 5.19. The molecule has 1 fully saturated rings. The predicted molar refractivity (Wildman–Crippen MR) is 114 cm³/mol. The van der Waals surface area contributed by atoms with Crippen LogP contribution in [0.5, 0.6) is 0 Å². The van der Waals surface area contributed by atoms with E-state index in [1.165, 1.54) is 10.9 Å². The monoisotopic (exact) mass is 404 g/mol. The predicted octanol–water partition coefficient (Wildman–Crippen LogP) is 2.62. The van der Waals surface area contributed by atoms with Crippen molar-refractivity contribution >= 4 is 39.4 Å². The minimum absolute atomic E-state index is 0.149. The van der Waals surface area contributed by atoms with Gasteiger partial charge in [-0.25, -0.2) is 4.98 Å². The third-order valence-corrected chi connectivity index (χ3v) is 5.19. The maximum Gasteiger partial charge on any atom is 0.297 e. The van der Waals surface area contributed by atoms with Crippen LogP contribution in [0, 0.1) is 0 Å². The normalized spacial score (nSPS) is 14.3. The molecule has 0 saturated carbocycles. The molecule has 2 aromatic carbocycles. The van der Waals surface area contributed by atoms with Crippen LogP contribution in [-0.2, 0) is 16.1 Å². The number of nitrogens with zero attached hydrogens (tertiary/aromatic N) is 3. The number of nitrogens with one attached hydrogen (secondary N) is 1. The van der Waals surface area contributed by atoms with Crippen molar-refractivity contribution < 1.29 is 13.9 Å². The molecule has 1 aliphatic heterocycles. The first kappa shape index (κ1) is 18.4. The second-order valence-corrected chi connectivity index (χ2v) is 7.15. The van der Waals surface area contributed by atoms with Crippen molar-refractivity contribution in [2.24, 2.45) is 0 Å². The Bertz CT molecular complexity index is 1270. The van der Waals surface area contributed by atoms with Crippen molar-refractivity contribution in [3.63, 3.8) is 0 Å². The molecule has 0 radical (unpaired) electrons. The number of carbonyl (C=O) groups excluding carboxylic acids is 1. The van der Waals surface area contributed by atoms with E-state index in [9.17, 15) is 9.59 Å². The average molecular weight is 404 g/mol. The van der Waals surface area contributed by atoms with E-state index >= 15 is 0 Å². The highest BCUT2D eigenvalue weighted by atomic mass is 16.5. The lowest BCUT2D eigenvalue weighted by Crippen LogP contribution is -2.36. The largest absolute Gasteiger partial charge is 0.448 e. The van der Waals surface area contributed by atoms with Gasteiger partial charge in [-0.3, -0.25) is 14.2 Å². The molecule has 0 spiro atoms. The zero-order chi connectivity index (χ0) is 20.5. The lowest BCUT2D eigenvalue weighted by Gasteiger charge is -2.28. The number of ether oxygens (including phenoxy) is 1. The molecule has 152 valence electrons. The van der Waals surface area contributed by atoms with Gasteiger partial charge in [0, 0.05) is 29.9 Å². The molecule has 8 nitrogen and oxygen atoms in total. The molecule has 0 atom stereocenters. The van der Waals surface area contributed by atoms with E-state index in [0.29, 0.717) is 16.8 Å². The van der Waals surface area contributed by atoms with Crippen LogP contribution in [-0.4, -0.2) is 41.8 Å². The second kappa shape index (κ2) is 7.64. The van der Waals surface area contributed by atoms with E-state index in [-0.39, 0.29) is 23.6 Å². The second-order valence-electron chi connectivity index (χ2n) is 7.15. The van der Waals surface area contributed by atoms with Crippen molar-refractivity contribution in [3.8, 4) is 0 Å². The van der Waals surface area contributed by atoms with Crippen molar-refractivity contribution in [1.29, 1.82) is 0 Å². The van der Waals surface area contributed by atoms with E-state index in [1.54, 1.807) is 6.07 Å². The van der Waals surface area contributed by atoms with E-state index in [1.807, 2.05) is 42.5 Å². The number of carbonyl (C=O) groups is 1. The van der Waals surface area contributed by atoms with Gasteiger partial charge in [0.05, 0.1) is 19.5 Å². The van der Waals surface area contributed by atoms with E-state index in [4.69, 9.17) is 9.15 Å². The Morgan fingerprint density at radius 1 is 1.07 bits per heavy atom. The van der Waals surface area contributed by atoms with Crippen LogP contribution < -0.4 is 15.8 Å². The Morgan fingerprint density at radius 2 is 1.83 bits per heavy atom. The summed E-state index contributed by atoms with van der Waals surface area (Å²) >= 11 is 0. The molecule has 8 heteroatoms. The molecule has 1 N–H and O–H groups in total. The highest BCUT2D eigenvalue weighted by Gasteiger charge is 2.15. The fourth-order valence-electron chi connectivity index (χ4n) is 3.66. The van der Waals surface area contributed by atoms with Crippen molar-refractivity contribution in [1.82, 2.24) is 9.55 Å². The van der Waals surface area contributed by atoms with E-state index in [0.717, 1.165) is 37.4 Å². The fourth-order valence-corrected chi connectivity index (χ4v) is 3.66. The molecule has 4 aromatic rings. The number of hydrogen-bond donors (Lipinski definition) is 1. The zero-order valence-electron chi connectivity index (χ0n) is 16.2. The Balaban J connectivity index is 1.31. The van der Waals surface area contributed by atoms with Crippen LogP contribution in [0.2, 0.25) is 0 Å². The molecule has 1 amide bonds. The van der Waals surface area contributed by atoms with E-state index in [2.05, 4.69) is 15.2 Å². The van der Waals surface area contributed by atoms with Gasteiger partial charge in [0.25, 0.3) is 5.56 Å². The number of para-hydroxylation sites is 1. The summed E-state index contributed by atoms with van der Waals surface area (Å²) in [6, 6.07) is 15.0. The zero-order valence-corrected chi connectivity index (χ0v) is 16.2. The minimum atomic E-state index is -0.381. The van der Waals surface area contributed by atoms with Gasteiger partial charge in [-0.1, -0.05) is 12.1 Å². The molecule has 0 aliphatic carbocycles. The van der Waals surface area contributed by atoms with Crippen molar-refractivity contribution in [3.05, 3.63) is 65.2 Å². The summed E-state index contributed by atoms with van der Waals surface area (Å²) in [6.07, 6.45) is 1.38. The SMILES string of the molecule is O=C(Cn1cnc2c(oc3ccccc32)c1=O)Nc1ccc(N2CCOCC2)cc1. The van der Waals surface area contributed by atoms with Gasteiger partial charge in [0.2, 0.25) is 11.5 Å². The number of morpholine rings is 1. The quantitative estimate of drug-likeness (QED) is 0.562. The number of aromatic nitrogens is 2. The maximum atomic E-state index is 12.7. The molecular formula is C22H20N4O4. The highest BCUT2D eigenvalue weighted by Crippen LogP contribution is 2.24. The van der Waals surface area contributed by atoms with Gasteiger partial charge in [-0.05, 0) is 36.4 Å². The number of furan rings is 1. The Morgan fingerprint density at radius 3 is 2.63 bits per heavy atom. The molecule has 30 heavy (non-hydrogen) atoms. The summed E-state index contributed by atoms with van der Waals surface area (Å²) in [5.74, 6) is -0.312. The van der Waals surface area contributed by atoms with Crippen LogP contribution in [0.1, 0.15) is 0 Å². The van der Waals surface area contributed by atoms with Crippen molar-refractivity contribution in [2.75, 3.05) is 36.5 Å². The number of benzene rings is 2. The Kier molecular flexibility index (Phi) is 4.68. The molecule has 0 bridgehead atoms. The number of anilines is 2. The fraction of sp³-hybridized carbons (Fsp3) is 0.227. The van der Waals surface area contributed by atoms with Crippen LogP contribution in [0.3, 0.4) is 0 Å². The highest BCUT2D eigenvalue weighted by molar-refractivity contribution is 6.01. The summed E-state index contributed by atoms with van der Waals surface area (Å²) in [5, 5.41) is 3.60. The number of fused-ring (bicyclic) bond motifs is 3. The maximum absolute atomic E-state index is 12.7. The summed E-state index contributed by atoms with van der Waals surface area (Å²) in [6.45, 7) is 3.00. The standard InChI is InChI=1S/C22H20N4O4/c27-19(24-15-5-7-16(8-6-15)25-9-11-29-12-10-25)13-26-14-23-20-17-3-1-2-4-18(17)30-21(20)22(26)28/h1-8,14H,9-13H2,(H,24,27). The molecule has 0 unspecified atom stereocenters. The van der Waals surface area contributed by atoms with Gasteiger partial charge in [-0.2, -0.15) is 0 Å². The first-order valence-corrected chi connectivity index (χ1v) is 9.78. The lowest BCUT2D eigenvalue weighted by atomic mass is 10.2. The summed E-state index contributed by atoms with van der Waals surface area (Å²) < 4.78 is 12.3. The van der Waals surface area contributed by atoms with Gasteiger partial charge >= 0.3 is 0 Å². The molecule has 2 aromatic heterocycles. The molecule has 1 aliphatic rings. The molecule has 3 heterocycles. The van der Waals surface area contributed by atoms with Crippen LogP contribution in [0.4, 0.5) is 11.4 Å². The first-order chi connectivity index (χ1) is 14.7. The number of rotatable bonds is 4. The Labute approximate surface area is 171 Å². The van der Waals surface area contributed by atoms with Crippen LogP contribution in [0.15, 0.2) is 64.1 Å². The van der Waals surface area contributed by atoms with Crippen LogP contribution >= 0.6 is 0 Å².